The molecule has 0 spiro atoms. The average molecular weight is 194 g/mol. The van der Waals surface area contributed by atoms with Gasteiger partial charge in [-0.05, 0) is 12.1 Å². The molecule has 0 amide bonds. The van der Waals surface area contributed by atoms with Crippen molar-refractivity contribution in [1.29, 1.82) is 0 Å². The molecular weight excluding hydrogens is 176 g/mol. The van der Waals surface area contributed by atoms with Gasteiger partial charge in [0.15, 0.2) is 0 Å². The molecule has 0 bridgehead atoms. The van der Waals surface area contributed by atoms with Gasteiger partial charge in [-0.25, -0.2) is 0 Å². The van der Waals surface area contributed by atoms with Crippen LogP contribution in [0, 0.1) is 0 Å². The topological polar surface area (TPSA) is 43.1 Å². The van der Waals surface area contributed by atoms with Gasteiger partial charge in [-0.1, -0.05) is 0 Å². The van der Waals surface area contributed by atoms with Crippen LogP contribution < -0.4 is 10.6 Å². The fraction of sp³-hybridized carbons (Fsp3) is 0.600. The highest BCUT2D eigenvalue weighted by Crippen LogP contribution is 1.94. The van der Waals surface area contributed by atoms with Crippen molar-refractivity contribution in [3.63, 3.8) is 0 Å². The molecule has 0 aliphatic carbocycles. The molecule has 1 aliphatic heterocycles. The second kappa shape index (κ2) is 5.14. The highest BCUT2D eigenvalue weighted by molar-refractivity contribution is 5.02. The van der Waals surface area contributed by atoms with Crippen LogP contribution in [0.25, 0.3) is 0 Å². The summed E-state index contributed by atoms with van der Waals surface area (Å²) in [5, 5.41) is 6.77. The van der Waals surface area contributed by atoms with E-state index in [0.29, 0.717) is 0 Å². The Morgan fingerprint density at radius 3 is 2.93 bits per heavy atom. The second-order valence-electron chi connectivity index (χ2n) is 3.65. The summed E-state index contributed by atoms with van der Waals surface area (Å²) in [7, 11) is 0. The number of nitrogens with zero attached hydrogens (tertiary/aromatic N) is 1. The highest BCUT2D eigenvalue weighted by Gasteiger charge is 2.07. The Morgan fingerprint density at radius 2 is 2.21 bits per heavy atom. The van der Waals surface area contributed by atoms with E-state index in [9.17, 15) is 0 Å². The Kier molecular flexibility index (Phi) is 3.57. The lowest BCUT2D eigenvalue weighted by Crippen LogP contribution is -2.46. The van der Waals surface area contributed by atoms with Gasteiger partial charge in [0.1, 0.15) is 0 Å². The fourth-order valence-electron chi connectivity index (χ4n) is 1.70. The molecule has 3 N–H and O–H groups in total. The molecule has 1 aromatic heterocycles. The van der Waals surface area contributed by atoms with Crippen LogP contribution in [-0.2, 0) is 6.54 Å². The maximum atomic E-state index is 3.42. The van der Waals surface area contributed by atoms with Crippen molar-refractivity contribution in [2.75, 3.05) is 32.8 Å². The largest absolute Gasteiger partial charge is 0.364 e. The normalized spacial score (nSPS) is 18.6. The van der Waals surface area contributed by atoms with Crippen LogP contribution in [-0.4, -0.2) is 42.7 Å². The Labute approximate surface area is 84.7 Å². The molecule has 0 aromatic carbocycles. The number of nitrogens with one attached hydrogen (secondary N) is 3. The van der Waals surface area contributed by atoms with Crippen LogP contribution in [0.3, 0.4) is 0 Å². The Bertz CT molecular complexity index is 239. The van der Waals surface area contributed by atoms with E-state index in [0.717, 1.165) is 39.4 Å². The third kappa shape index (κ3) is 2.83. The van der Waals surface area contributed by atoms with Gasteiger partial charge in [0.2, 0.25) is 0 Å². The summed E-state index contributed by atoms with van der Waals surface area (Å²) >= 11 is 0. The molecule has 1 fully saturated rings. The maximum absolute atomic E-state index is 3.42. The zero-order valence-electron chi connectivity index (χ0n) is 8.42. The first kappa shape index (κ1) is 9.71. The van der Waals surface area contributed by atoms with Gasteiger partial charge in [-0.15, -0.1) is 0 Å². The first-order valence-electron chi connectivity index (χ1n) is 5.21. The van der Waals surface area contributed by atoms with Crippen molar-refractivity contribution in [1.82, 2.24) is 20.5 Å². The molecule has 1 saturated heterocycles. The molecular formula is C10H18N4. The van der Waals surface area contributed by atoms with Crippen molar-refractivity contribution in [3.8, 4) is 0 Å². The molecule has 2 rings (SSSR count). The summed E-state index contributed by atoms with van der Waals surface area (Å²) in [5.74, 6) is 0. The van der Waals surface area contributed by atoms with Crippen LogP contribution in [0.1, 0.15) is 5.69 Å². The van der Waals surface area contributed by atoms with Gasteiger partial charge in [0.05, 0.1) is 0 Å². The van der Waals surface area contributed by atoms with Crippen molar-refractivity contribution < 1.29 is 0 Å². The number of aromatic amines is 1. The number of H-pyrrole nitrogens is 1. The van der Waals surface area contributed by atoms with Crippen LogP contribution in [0.2, 0.25) is 0 Å². The SMILES string of the molecule is c1c[nH]c(CNCN2CCNCC2)c1. The number of aromatic nitrogens is 1. The van der Waals surface area contributed by atoms with Crippen molar-refractivity contribution in [3.05, 3.63) is 24.0 Å². The number of hydrogen-bond donors (Lipinski definition) is 3. The molecule has 1 aliphatic rings. The standard InChI is InChI=1S/C10H18N4/c1-2-10(13-3-1)8-12-9-14-6-4-11-5-7-14/h1-3,11-13H,4-9H2. The number of piperazine rings is 1. The van der Waals surface area contributed by atoms with Crippen LogP contribution in [0.5, 0.6) is 0 Å². The van der Waals surface area contributed by atoms with Gasteiger partial charge in [-0.3, -0.25) is 10.2 Å². The van der Waals surface area contributed by atoms with E-state index < -0.39 is 0 Å². The predicted molar refractivity (Wildman–Crippen MR) is 56.9 cm³/mol. The summed E-state index contributed by atoms with van der Waals surface area (Å²) in [6, 6.07) is 4.13. The third-order valence-electron chi connectivity index (χ3n) is 2.52. The Balaban J connectivity index is 1.62. The van der Waals surface area contributed by atoms with Crippen molar-refractivity contribution >= 4 is 0 Å². The molecule has 0 radical (unpaired) electrons. The minimum atomic E-state index is 0.928. The molecule has 1 aromatic rings. The first-order chi connectivity index (χ1) is 6.95. The van der Waals surface area contributed by atoms with Gasteiger partial charge in [-0.2, -0.15) is 0 Å². The van der Waals surface area contributed by atoms with Crippen molar-refractivity contribution in [2.24, 2.45) is 0 Å². The predicted octanol–water partition coefficient (Wildman–Crippen LogP) is -0.0330. The highest BCUT2D eigenvalue weighted by atomic mass is 15.3. The lowest BCUT2D eigenvalue weighted by atomic mass is 10.4. The first-order valence-corrected chi connectivity index (χ1v) is 5.21. The molecule has 14 heavy (non-hydrogen) atoms. The van der Waals surface area contributed by atoms with E-state index in [1.165, 1.54) is 5.69 Å². The third-order valence-corrected chi connectivity index (χ3v) is 2.52. The molecule has 0 unspecified atom stereocenters. The van der Waals surface area contributed by atoms with Gasteiger partial charge >= 0.3 is 0 Å². The summed E-state index contributed by atoms with van der Waals surface area (Å²) in [6.07, 6.45) is 1.96. The van der Waals surface area contributed by atoms with E-state index in [1.807, 2.05) is 12.3 Å². The van der Waals surface area contributed by atoms with E-state index in [2.05, 4.69) is 26.6 Å². The number of rotatable bonds is 4. The lowest BCUT2D eigenvalue weighted by molar-refractivity contribution is 0.223. The smallest absolute Gasteiger partial charge is 0.0484 e. The summed E-state index contributed by atoms with van der Waals surface area (Å²) in [4.78, 5) is 5.61. The molecule has 0 atom stereocenters. The lowest BCUT2D eigenvalue weighted by Gasteiger charge is -2.27. The summed E-state index contributed by atoms with van der Waals surface area (Å²) < 4.78 is 0. The quantitative estimate of drug-likeness (QED) is 0.630. The minimum absolute atomic E-state index is 0.928. The summed E-state index contributed by atoms with van der Waals surface area (Å²) in [6.45, 7) is 6.45. The minimum Gasteiger partial charge on any atom is -0.364 e. The van der Waals surface area contributed by atoms with E-state index in [-0.39, 0.29) is 0 Å². The van der Waals surface area contributed by atoms with Gasteiger partial charge < -0.3 is 10.3 Å². The summed E-state index contributed by atoms with van der Waals surface area (Å²) in [5.41, 5.74) is 1.25. The Hall–Kier alpha value is -0.840. The van der Waals surface area contributed by atoms with Crippen LogP contribution in [0.15, 0.2) is 18.3 Å². The molecule has 0 saturated carbocycles. The van der Waals surface area contributed by atoms with Crippen LogP contribution in [0.4, 0.5) is 0 Å². The number of hydrogen-bond acceptors (Lipinski definition) is 3. The van der Waals surface area contributed by atoms with Gasteiger partial charge in [0.25, 0.3) is 0 Å². The van der Waals surface area contributed by atoms with E-state index in [4.69, 9.17) is 0 Å². The second-order valence-corrected chi connectivity index (χ2v) is 3.65. The van der Waals surface area contributed by atoms with Crippen LogP contribution >= 0.6 is 0 Å². The van der Waals surface area contributed by atoms with Crippen molar-refractivity contribution in [2.45, 2.75) is 6.54 Å². The average Bonchev–Trinajstić information content (AvgIpc) is 2.72. The fourth-order valence-corrected chi connectivity index (χ4v) is 1.70. The van der Waals surface area contributed by atoms with Gasteiger partial charge in [0, 0.05) is 51.3 Å². The maximum Gasteiger partial charge on any atom is 0.0484 e. The zero-order valence-corrected chi connectivity index (χ0v) is 8.42. The van der Waals surface area contributed by atoms with E-state index >= 15 is 0 Å². The van der Waals surface area contributed by atoms with E-state index in [1.54, 1.807) is 0 Å². The zero-order chi connectivity index (χ0) is 9.64. The molecule has 2 heterocycles. The Morgan fingerprint density at radius 1 is 1.36 bits per heavy atom. The molecule has 4 nitrogen and oxygen atoms in total. The molecule has 4 heteroatoms. The monoisotopic (exact) mass is 194 g/mol. The molecule has 78 valence electrons.